The quantitative estimate of drug-likeness (QED) is 0.529. The van der Waals surface area contributed by atoms with Crippen molar-refractivity contribution in [2.45, 2.75) is 19.0 Å². The van der Waals surface area contributed by atoms with Crippen LogP contribution in [-0.4, -0.2) is 34.7 Å². The minimum absolute atomic E-state index is 0.0158. The summed E-state index contributed by atoms with van der Waals surface area (Å²) >= 11 is 5.72. The number of carbonyl (C=O) groups is 1. The van der Waals surface area contributed by atoms with E-state index >= 15 is 0 Å². The molecule has 0 spiro atoms. The summed E-state index contributed by atoms with van der Waals surface area (Å²) in [4.78, 5) is 21.8. The highest BCUT2D eigenvalue weighted by molar-refractivity contribution is 7.80. The van der Waals surface area contributed by atoms with Gasteiger partial charge in [0.2, 0.25) is 5.91 Å². The van der Waals surface area contributed by atoms with Gasteiger partial charge in [0.05, 0.1) is 11.7 Å². The number of aromatic nitrogens is 2. The largest absolute Gasteiger partial charge is 0.375 e. The smallest absolute Gasteiger partial charge is 0.250 e. The number of rotatable bonds is 6. The molecule has 3 heterocycles. The molecule has 4 rings (SSSR count). The number of nitrogens with one attached hydrogen (secondary N) is 3. The maximum Gasteiger partial charge on any atom is 0.250 e. The van der Waals surface area contributed by atoms with Crippen LogP contribution in [0.5, 0.6) is 0 Å². The van der Waals surface area contributed by atoms with Gasteiger partial charge in [0, 0.05) is 36.6 Å². The van der Waals surface area contributed by atoms with Crippen LogP contribution in [0.15, 0.2) is 60.9 Å². The molecule has 1 aromatic carbocycles. The zero-order valence-electron chi connectivity index (χ0n) is 16.8. The summed E-state index contributed by atoms with van der Waals surface area (Å²) in [6.45, 7) is 1.97. The third-order valence-electron chi connectivity index (χ3n) is 5.08. The predicted octanol–water partition coefficient (Wildman–Crippen LogP) is 3.48. The van der Waals surface area contributed by atoms with Crippen molar-refractivity contribution in [3.63, 3.8) is 0 Å². The molecule has 1 fully saturated rings. The second kappa shape index (κ2) is 8.64. The number of hydrogen-bond acceptors (Lipinski definition) is 4. The molecule has 1 aliphatic heterocycles. The van der Waals surface area contributed by atoms with Gasteiger partial charge in [0.15, 0.2) is 5.11 Å². The molecular weight excluding hydrogens is 398 g/mol. The van der Waals surface area contributed by atoms with E-state index in [0.717, 1.165) is 28.3 Å². The van der Waals surface area contributed by atoms with E-state index in [-0.39, 0.29) is 24.6 Å². The number of aryl methyl sites for hydroxylation is 1. The molecule has 0 unspecified atom stereocenters. The molecule has 154 valence electrons. The molecule has 7 nitrogen and oxygen atoms in total. The number of ether oxygens (including phenoxy) is 1. The third kappa shape index (κ3) is 3.92. The number of anilines is 2. The Balaban J connectivity index is 1.69. The van der Waals surface area contributed by atoms with E-state index in [1.54, 1.807) is 6.20 Å². The summed E-state index contributed by atoms with van der Waals surface area (Å²) < 4.78 is 4.89. The van der Waals surface area contributed by atoms with Crippen molar-refractivity contribution in [3.8, 4) is 0 Å². The molecule has 0 bridgehead atoms. The van der Waals surface area contributed by atoms with Crippen molar-refractivity contribution in [1.29, 1.82) is 0 Å². The van der Waals surface area contributed by atoms with Crippen LogP contribution >= 0.6 is 12.2 Å². The first-order chi connectivity index (χ1) is 14.6. The third-order valence-corrected chi connectivity index (χ3v) is 5.39. The molecule has 2 aromatic heterocycles. The van der Waals surface area contributed by atoms with Gasteiger partial charge >= 0.3 is 0 Å². The van der Waals surface area contributed by atoms with E-state index < -0.39 is 0 Å². The molecule has 8 heteroatoms. The van der Waals surface area contributed by atoms with E-state index in [9.17, 15) is 4.79 Å². The van der Waals surface area contributed by atoms with E-state index in [2.05, 4.69) is 31.6 Å². The lowest BCUT2D eigenvalue weighted by Gasteiger charge is -2.27. The van der Waals surface area contributed by atoms with Crippen LogP contribution in [0.4, 0.5) is 11.4 Å². The van der Waals surface area contributed by atoms with Crippen LogP contribution < -0.4 is 15.5 Å². The molecule has 0 saturated carbocycles. The zero-order valence-corrected chi connectivity index (χ0v) is 17.6. The highest BCUT2D eigenvalue weighted by Gasteiger charge is 2.41. The van der Waals surface area contributed by atoms with Crippen LogP contribution in [0.1, 0.15) is 29.0 Å². The predicted molar refractivity (Wildman–Crippen MR) is 120 cm³/mol. The lowest BCUT2D eigenvalue weighted by Crippen LogP contribution is -2.29. The van der Waals surface area contributed by atoms with Gasteiger partial charge in [-0.1, -0.05) is 6.07 Å². The molecular formula is C22H23N5O2S. The van der Waals surface area contributed by atoms with Gasteiger partial charge in [-0.05, 0) is 67.2 Å². The Morgan fingerprint density at radius 2 is 2.13 bits per heavy atom. The molecule has 1 aliphatic rings. The minimum Gasteiger partial charge on any atom is -0.375 e. The summed E-state index contributed by atoms with van der Waals surface area (Å²) in [6, 6.07) is 15.6. The Hall–Kier alpha value is -3.23. The SMILES string of the molecule is COCC(=O)Nc1ccc(N2C(=S)N[C@H](c3ccccn3)[C@@H]2c2ccc[nH]2)cc1C. The summed E-state index contributed by atoms with van der Waals surface area (Å²) in [7, 11) is 1.50. The van der Waals surface area contributed by atoms with Gasteiger partial charge in [-0.2, -0.15) is 0 Å². The topological polar surface area (TPSA) is 82.3 Å². The zero-order chi connectivity index (χ0) is 21.1. The average Bonchev–Trinajstić information content (AvgIpc) is 3.38. The molecule has 1 saturated heterocycles. The highest BCUT2D eigenvalue weighted by atomic mass is 32.1. The number of H-pyrrole nitrogens is 1. The second-order valence-corrected chi connectivity index (χ2v) is 7.49. The first-order valence-electron chi connectivity index (χ1n) is 9.62. The van der Waals surface area contributed by atoms with Crippen molar-refractivity contribution in [2.75, 3.05) is 23.9 Å². The van der Waals surface area contributed by atoms with Gasteiger partial charge in [-0.3, -0.25) is 9.78 Å². The molecule has 2 atom stereocenters. The van der Waals surface area contributed by atoms with Crippen LogP contribution in [0, 0.1) is 6.92 Å². The van der Waals surface area contributed by atoms with Gasteiger partial charge in [0.25, 0.3) is 0 Å². The van der Waals surface area contributed by atoms with Crippen LogP contribution in [0.3, 0.4) is 0 Å². The van der Waals surface area contributed by atoms with Crippen LogP contribution in [0.2, 0.25) is 0 Å². The molecule has 0 aliphatic carbocycles. The van der Waals surface area contributed by atoms with Crippen molar-refractivity contribution in [2.24, 2.45) is 0 Å². The van der Waals surface area contributed by atoms with Crippen LogP contribution in [0.25, 0.3) is 0 Å². The van der Waals surface area contributed by atoms with Gasteiger partial charge in [-0.15, -0.1) is 0 Å². The number of amides is 1. The molecule has 3 N–H and O–H groups in total. The average molecular weight is 422 g/mol. The molecule has 1 amide bonds. The highest BCUT2D eigenvalue weighted by Crippen LogP contribution is 2.41. The van der Waals surface area contributed by atoms with E-state index in [4.69, 9.17) is 17.0 Å². The number of benzene rings is 1. The van der Waals surface area contributed by atoms with Crippen molar-refractivity contribution in [1.82, 2.24) is 15.3 Å². The monoisotopic (exact) mass is 421 g/mol. The van der Waals surface area contributed by atoms with Crippen LogP contribution in [-0.2, 0) is 9.53 Å². The standard InChI is InChI=1S/C22H23N5O2S/c1-14-12-15(8-9-16(14)25-19(28)13-29-2)27-21(18-7-5-11-24-18)20(26-22(27)30)17-6-3-4-10-23-17/h3-12,20-21,24H,13H2,1-2H3,(H,25,28)(H,26,30)/t20-,21+/m1/s1. The number of thiocarbonyl (C=S) groups is 1. The molecule has 30 heavy (non-hydrogen) atoms. The van der Waals surface area contributed by atoms with Gasteiger partial charge in [-0.25, -0.2) is 0 Å². The Bertz CT molecular complexity index is 1040. The number of nitrogens with zero attached hydrogens (tertiary/aromatic N) is 2. The summed E-state index contributed by atoms with van der Waals surface area (Å²) in [5.74, 6) is -0.189. The second-order valence-electron chi connectivity index (χ2n) is 7.10. The Morgan fingerprint density at radius 3 is 2.80 bits per heavy atom. The van der Waals surface area contributed by atoms with E-state index in [1.165, 1.54) is 7.11 Å². The number of aromatic amines is 1. The van der Waals surface area contributed by atoms with Gasteiger partial charge < -0.3 is 25.3 Å². The Labute approximate surface area is 180 Å². The number of carbonyl (C=O) groups excluding carboxylic acids is 1. The van der Waals surface area contributed by atoms with Crippen molar-refractivity contribution < 1.29 is 9.53 Å². The summed E-state index contributed by atoms with van der Waals surface area (Å²) in [5, 5.41) is 6.92. The van der Waals surface area contributed by atoms with Crippen molar-refractivity contribution in [3.05, 3.63) is 77.9 Å². The van der Waals surface area contributed by atoms with Crippen molar-refractivity contribution >= 4 is 34.6 Å². The number of hydrogen-bond donors (Lipinski definition) is 3. The first-order valence-corrected chi connectivity index (χ1v) is 10.0. The number of methoxy groups -OCH3 is 1. The molecule has 3 aromatic rings. The van der Waals surface area contributed by atoms with Gasteiger partial charge in [0.1, 0.15) is 12.6 Å². The summed E-state index contributed by atoms with van der Waals surface area (Å²) in [6.07, 6.45) is 3.69. The molecule has 0 radical (unpaired) electrons. The Morgan fingerprint density at radius 1 is 1.27 bits per heavy atom. The minimum atomic E-state index is -0.189. The fourth-order valence-corrected chi connectivity index (χ4v) is 4.08. The maximum atomic E-state index is 11.9. The lowest BCUT2D eigenvalue weighted by molar-refractivity contribution is -0.119. The summed E-state index contributed by atoms with van der Waals surface area (Å²) in [5.41, 5.74) is 4.57. The Kier molecular flexibility index (Phi) is 5.78. The van der Waals surface area contributed by atoms with E-state index in [1.807, 2.05) is 55.6 Å². The first kappa shape index (κ1) is 20.1. The van der Waals surface area contributed by atoms with E-state index in [0.29, 0.717) is 5.11 Å². The normalized spacial score (nSPS) is 18.3. The fourth-order valence-electron chi connectivity index (χ4n) is 3.73. The lowest BCUT2D eigenvalue weighted by atomic mass is 10.0. The maximum absolute atomic E-state index is 11.9. The number of pyridine rings is 1. The fraction of sp³-hybridized carbons (Fsp3) is 0.227.